The Kier molecular flexibility index (Phi) is 6.03. The van der Waals surface area contributed by atoms with Gasteiger partial charge in [0.2, 0.25) is 11.7 Å². The van der Waals surface area contributed by atoms with E-state index in [1.54, 1.807) is 48.8 Å². The van der Waals surface area contributed by atoms with Crippen molar-refractivity contribution < 1.29 is 14.1 Å². The maximum absolute atomic E-state index is 12.3. The number of carbonyl (C=O) groups is 1. The van der Waals surface area contributed by atoms with E-state index in [-0.39, 0.29) is 18.4 Å². The predicted octanol–water partition coefficient (Wildman–Crippen LogP) is 3.68. The molecule has 27 heavy (non-hydrogen) atoms. The first-order chi connectivity index (χ1) is 13.0. The molecular formula is C19H19ClN4O3. The number of hydrogen-bond donors (Lipinski definition) is 1. The van der Waals surface area contributed by atoms with Crippen molar-refractivity contribution >= 4 is 17.5 Å². The van der Waals surface area contributed by atoms with Crippen LogP contribution in [0.3, 0.4) is 0 Å². The van der Waals surface area contributed by atoms with Gasteiger partial charge in [-0.3, -0.25) is 9.78 Å². The molecule has 1 atom stereocenters. The average Bonchev–Trinajstić information content (AvgIpc) is 3.15. The van der Waals surface area contributed by atoms with Crippen molar-refractivity contribution in [2.45, 2.75) is 19.9 Å². The maximum atomic E-state index is 12.3. The van der Waals surface area contributed by atoms with Crippen LogP contribution in [0.5, 0.6) is 5.75 Å². The number of hydrogen-bond acceptors (Lipinski definition) is 6. The van der Waals surface area contributed by atoms with E-state index in [2.05, 4.69) is 20.4 Å². The zero-order chi connectivity index (χ0) is 19.2. The van der Waals surface area contributed by atoms with Crippen molar-refractivity contribution in [3.63, 3.8) is 0 Å². The van der Waals surface area contributed by atoms with Crippen molar-refractivity contribution in [2.24, 2.45) is 5.92 Å². The molecule has 0 radical (unpaired) electrons. The van der Waals surface area contributed by atoms with Crippen molar-refractivity contribution in [1.82, 2.24) is 20.4 Å². The molecule has 3 rings (SSSR count). The number of aromatic nitrogens is 3. The van der Waals surface area contributed by atoms with E-state index in [0.29, 0.717) is 22.5 Å². The topological polar surface area (TPSA) is 90.1 Å². The summed E-state index contributed by atoms with van der Waals surface area (Å²) in [5.41, 5.74) is 0.790. The van der Waals surface area contributed by atoms with Crippen LogP contribution in [0.4, 0.5) is 0 Å². The fourth-order valence-electron chi connectivity index (χ4n) is 2.41. The molecule has 0 fully saturated rings. The molecule has 0 aliphatic heterocycles. The Morgan fingerprint density at radius 3 is 2.74 bits per heavy atom. The maximum Gasteiger partial charge on any atom is 0.258 e. The number of rotatable bonds is 7. The van der Waals surface area contributed by atoms with E-state index in [1.807, 2.05) is 13.8 Å². The minimum atomic E-state index is -0.427. The highest BCUT2D eigenvalue weighted by atomic mass is 35.5. The lowest BCUT2D eigenvalue weighted by atomic mass is 10.0. The smallest absolute Gasteiger partial charge is 0.258 e. The number of halogens is 1. The molecule has 0 saturated heterocycles. The summed E-state index contributed by atoms with van der Waals surface area (Å²) in [5.74, 6) is 1.06. The number of pyridine rings is 1. The van der Waals surface area contributed by atoms with E-state index in [1.165, 1.54) is 0 Å². The zero-order valence-electron chi connectivity index (χ0n) is 14.9. The summed E-state index contributed by atoms with van der Waals surface area (Å²) in [7, 11) is 0. The predicted molar refractivity (Wildman–Crippen MR) is 100 cm³/mol. The summed E-state index contributed by atoms with van der Waals surface area (Å²) in [4.78, 5) is 20.7. The van der Waals surface area contributed by atoms with E-state index in [4.69, 9.17) is 20.9 Å². The molecule has 1 unspecified atom stereocenters. The van der Waals surface area contributed by atoms with Crippen LogP contribution in [0.2, 0.25) is 5.02 Å². The molecule has 2 aromatic heterocycles. The number of benzene rings is 1. The van der Waals surface area contributed by atoms with E-state index in [9.17, 15) is 4.79 Å². The van der Waals surface area contributed by atoms with Crippen LogP contribution in [-0.2, 0) is 4.79 Å². The van der Waals surface area contributed by atoms with Gasteiger partial charge in [-0.05, 0) is 36.2 Å². The van der Waals surface area contributed by atoms with Gasteiger partial charge in [-0.25, -0.2) is 0 Å². The highest BCUT2D eigenvalue weighted by Gasteiger charge is 2.25. The second-order valence-corrected chi connectivity index (χ2v) is 6.66. The number of carbonyl (C=O) groups excluding carboxylic acids is 1. The summed E-state index contributed by atoms with van der Waals surface area (Å²) in [6, 6.07) is 10.0. The first-order valence-corrected chi connectivity index (χ1v) is 8.82. The number of nitrogens with one attached hydrogen (secondary N) is 1. The van der Waals surface area contributed by atoms with Gasteiger partial charge < -0.3 is 14.6 Å². The van der Waals surface area contributed by atoms with Crippen molar-refractivity contribution in [1.29, 1.82) is 0 Å². The van der Waals surface area contributed by atoms with Crippen LogP contribution in [0, 0.1) is 5.92 Å². The Morgan fingerprint density at radius 1 is 1.26 bits per heavy atom. The highest BCUT2D eigenvalue weighted by molar-refractivity contribution is 6.30. The molecule has 0 saturated carbocycles. The Hall–Kier alpha value is -2.93. The Balaban J connectivity index is 1.65. The third-order valence-electron chi connectivity index (χ3n) is 3.80. The first kappa shape index (κ1) is 18.8. The molecule has 2 heterocycles. The molecule has 1 N–H and O–H groups in total. The number of ether oxygens (including phenoxy) is 1. The first-order valence-electron chi connectivity index (χ1n) is 8.44. The fourth-order valence-corrected chi connectivity index (χ4v) is 2.59. The molecule has 140 valence electrons. The van der Waals surface area contributed by atoms with Crippen molar-refractivity contribution in [3.05, 3.63) is 59.7 Å². The van der Waals surface area contributed by atoms with Gasteiger partial charge in [0.1, 0.15) is 11.8 Å². The second-order valence-electron chi connectivity index (χ2n) is 6.23. The van der Waals surface area contributed by atoms with Gasteiger partial charge >= 0.3 is 0 Å². The third kappa shape index (κ3) is 5.04. The van der Waals surface area contributed by atoms with Gasteiger partial charge in [0, 0.05) is 23.0 Å². The van der Waals surface area contributed by atoms with Crippen LogP contribution in [0.1, 0.15) is 25.8 Å². The van der Waals surface area contributed by atoms with E-state index >= 15 is 0 Å². The SMILES string of the molecule is CC(C)C(NC(=O)COc1cccc(Cl)c1)c1nc(-c2ccncc2)no1. The standard InChI is InChI=1S/C19H19ClN4O3/c1-12(2)17(19-23-18(24-27-19)13-6-8-21-9-7-13)22-16(25)11-26-15-5-3-4-14(20)10-15/h3-10,12,17H,11H2,1-2H3,(H,22,25). The summed E-state index contributed by atoms with van der Waals surface area (Å²) in [5, 5.41) is 7.41. The van der Waals surface area contributed by atoms with Crippen LogP contribution >= 0.6 is 11.6 Å². The number of nitrogens with zero attached hydrogens (tertiary/aromatic N) is 3. The minimum absolute atomic E-state index is 0.0471. The molecule has 0 bridgehead atoms. The Morgan fingerprint density at radius 2 is 2.04 bits per heavy atom. The van der Waals surface area contributed by atoms with Crippen LogP contribution in [0.15, 0.2) is 53.3 Å². The van der Waals surface area contributed by atoms with E-state index in [0.717, 1.165) is 5.56 Å². The molecule has 0 aliphatic carbocycles. The summed E-state index contributed by atoms with van der Waals surface area (Å²) >= 11 is 5.91. The van der Waals surface area contributed by atoms with E-state index < -0.39 is 6.04 Å². The van der Waals surface area contributed by atoms with Crippen LogP contribution < -0.4 is 10.1 Å². The Bertz CT molecular complexity index is 899. The molecular weight excluding hydrogens is 368 g/mol. The number of amides is 1. The normalized spacial score (nSPS) is 12.0. The minimum Gasteiger partial charge on any atom is -0.484 e. The molecule has 7 nitrogen and oxygen atoms in total. The summed E-state index contributed by atoms with van der Waals surface area (Å²) < 4.78 is 10.8. The van der Waals surface area contributed by atoms with Gasteiger partial charge in [0.15, 0.2) is 6.61 Å². The zero-order valence-corrected chi connectivity index (χ0v) is 15.7. The lowest BCUT2D eigenvalue weighted by Crippen LogP contribution is -2.35. The quantitative estimate of drug-likeness (QED) is 0.666. The van der Waals surface area contributed by atoms with Crippen LogP contribution in [-0.4, -0.2) is 27.6 Å². The summed E-state index contributed by atoms with van der Waals surface area (Å²) in [6.07, 6.45) is 3.31. The molecule has 8 heteroatoms. The molecule has 1 amide bonds. The van der Waals surface area contributed by atoms with Gasteiger partial charge in [0.25, 0.3) is 5.91 Å². The molecule has 1 aromatic carbocycles. The Labute approximate surface area is 161 Å². The molecule has 0 spiro atoms. The molecule has 0 aliphatic rings. The average molecular weight is 387 g/mol. The third-order valence-corrected chi connectivity index (χ3v) is 4.03. The van der Waals surface area contributed by atoms with Crippen molar-refractivity contribution in [3.8, 4) is 17.1 Å². The molecule has 3 aromatic rings. The van der Waals surface area contributed by atoms with Gasteiger partial charge in [0.05, 0.1) is 0 Å². The largest absolute Gasteiger partial charge is 0.484 e. The second kappa shape index (κ2) is 8.64. The highest BCUT2D eigenvalue weighted by Crippen LogP contribution is 2.23. The summed E-state index contributed by atoms with van der Waals surface area (Å²) in [6.45, 7) is 3.77. The monoisotopic (exact) mass is 386 g/mol. The lowest BCUT2D eigenvalue weighted by molar-refractivity contribution is -0.124. The van der Waals surface area contributed by atoms with Crippen molar-refractivity contribution in [2.75, 3.05) is 6.61 Å². The van der Waals surface area contributed by atoms with Gasteiger partial charge in [-0.15, -0.1) is 0 Å². The van der Waals surface area contributed by atoms with Gasteiger partial charge in [-0.1, -0.05) is 36.7 Å². The van der Waals surface area contributed by atoms with Crippen LogP contribution in [0.25, 0.3) is 11.4 Å². The lowest BCUT2D eigenvalue weighted by Gasteiger charge is -2.18. The van der Waals surface area contributed by atoms with Gasteiger partial charge in [-0.2, -0.15) is 4.98 Å². The fraction of sp³-hybridized carbons (Fsp3) is 0.263.